The van der Waals surface area contributed by atoms with Crippen LogP contribution in [0.5, 0.6) is 0 Å². The standard InChI is InChI=1S/C14H8FNO2/c15-16-11-7-3-6-10-12(11)14(18)9-5-2-1-4-8(9)13(10)17/h1-7,16H. The molecule has 0 aromatic heterocycles. The van der Waals surface area contributed by atoms with Crippen LogP contribution < -0.4 is 5.54 Å². The van der Waals surface area contributed by atoms with Crippen molar-refractivity contribution in [2.24, 2.45) is 0 Å². The van der Waals surface area contributed by atoms with Crippen molar-refractivity contribution in [3.8, 4) is 0 Å². The van der Waals surface area contributed by atoms with Crippen LogP contribution in [-0.2, 0) is 0 Å². The summed E-state index contributed by atoms with van der Waals surface area (Å²) >= 11 is 0. The van der Waals surface area contributed by atoms with Crippen LogP contribution in [0, 0.1) is 0 Å². The van der Waals surface area contributed by atoms with Crippen molar-refractivity contribution in [1.82, 2.24) is 0 Å². The van der Waals surface area contributed by atoms with E-state index in [1.807, 2.05) is 0 Å². The molecule has 0 amide bonds. The maximum atomic E-state index is 12.7. The highest BCUT2D eigenvalue weighted by Crippen LogP contribution is 2.31. The third-order valence-electron chi connectivity index (χ3n) is 3.05. The first-order valence-electron chi connectivity index (χ1n) is 5.42. The van der Waals surface area contributed by atoms with Crippen molar-refractivity contribution >= 4 is 17.3 Å². The van der Waals surface area contributed by atoms with Crippen LogP contribution in [0.25, 0.3) is 0 Å². The van der Waals surface area contributed by atoms with Gasteiger partial charge in [-0.15, -0.1) is 4.48 Å². The lowest BCUT2D eigenvalue weighted by atomic mass is 9.83. The SMILES string of the molecule is O=C1c2ccccc2C(=O)c2c(NF)cccc21. The number of nitrogens with one attached hydrogen (secondary N) is 1. The predicted octanol–water partition coefficient (Wildman–Crippen LogP) is 2.76. The van der Waals surface area contributed by atoms with Crippen molar-refractivity contribution in [3.05, 3.63) is 64.7 Å². The summed E-state index contributed by atoms with van der Waals surface area (Å²) in [4.78, 5) is 24.5. The highest BCUT2D eigenvalue weighted by atomic mass is 19.2. The van der Waals surface area contributed by atoms with Crippen molar-refractivity contribution in [1.29, 1.82) is 0 Å². The van der Waals surface area contributed by atoms with Crippen LogP contribution in [0.3, 0.4) is 0 Å². The first-order valence-corrected chi connectivity index (χ1v) is 5.42. The lowest BCUT2D eigenvalue weighted by Crippen LogP contribution is -2.21. The molecule has 1 aliphatic rings. The van der Waals surface area contributed by atoms with Gasteiger partial charge < -0.3 is 0 Å². The third-order valence-corrected chi connectivity index (χ3v) is 3.05. The highest BCUT2D eigenvalue weighted by Gasteiger charge is 2.31. The number of halogens is 1. The number of benzene rings is 2. The van der Waals surface area contributed by atoms with E-state index in [1.165, 1.54) is 17.7 Å². The molecule has 0 saturated heterocycles. The molecule has 0 spiro atoms. The Morgan fingerprint density at radius 3 is 2.06 bits per heavy atom. The van der Waals surface area contributed by atoms with Gasteiger partial charge in [-0.05, 0) is 6.07 Å². The van der Waals surface area contributed by atoms with E-state index in [1.54, 1.807) is 30.3 Å². The summed E-state index contributed by atoms with van der Waals surface area (Å²) < 4.78 is 12.7. The summed E-state index contributed by atoms with van der Waals surface area (Å²) in [5.74, 6) is -0.585. The zero-order valence-corrected chi connectivity index (χ0v) is 9.24. The smallest absolute Gasteiger partial charge is 0.196 e. The fourth-order valence-electron chi connectivity index (χ4n) is 2.22. The zero-order chi connectivity index (χ0) is 12.7. The van der Waals surface area contributed by atoms with Gasteiger partial charge in [0.2, 0.25) is 0 Å². The van der Waals surface area contributed by atoms with Gasteiger partial charge in [0, 0.05) is 16.7 Å². The fraction of sp³-hybridized carbons (Fsp3) is 0. The quantitative estimate of drug-likeness (QED) is 0.666. The van der Waals surface area contributed by atoms with E-state index in [4.69, 9.17) is 0 Å². The Labute approximate surface area is 102 Å². The molecule has 3 nitrogen and oxygen atoms in total. The molecule has 4 heteroatoms. The number of rotatable bonds is 1. The number of hydrogen-bond donors (Lipinski definition) is 1. The summed E-state index contributed by atoms with van der Waals surface area (Å²) in [6.07, 6.45) is 0. The molecule has 88 valence electrons. The van der Waals surface area contributed by atoms with Crippen LogP contribution in [0.2, 0.25) is 0 Å². The molecule has 1 aliphatic carbocycles. The minimum atomic E-state index is -0.332. The Morgan fingerprint density at radius 1 is 0.778 bits per heavy atom. The molecule has 0 saturated carbocycles. The van der Waals surface area contributed by atoms with E-state index in [9.17, 15) is 14.1 Å². The van der Waals surface area contributed by atoms with Gasteiger partial charge >= 0.3 is 0 Å². The number of ketones is 2. The third kappa shape index (κ3) is 1.29. The van der Waals surface area contributed by atoms with E-state index in [-0.39, 0.29) is 28.4 Å². The van der Waals surface area contributed by atoms with Crippen LogP contribution >= 0.6 is 0 Å². The van der Waals surface area contributed by atoms with Crippen molar-refractivity contribution in [2.75, 3.05) is 5.54 Å². The van der Waals surface area contributed by atoms with E-state index in [2.05, 4.69) is 0 Å². The van der Waals surface area contributed by atoms with Gasteiger partial charge in [-0.25, -0.2) is 5.54 Å². The average Bonchev–Trinajstić information content (AvgIpc) is 2.44. The predicted molar refractivity (Wildman–Crippen MR) is 64.5 cm³/mol. The molecule has 2 aromatic carbocycles. The van der Waals surface area contributed by atoms with Crippen LogP contribution in [0.15, 0.2) is 42.5 Å². The Bertz CT molecular complexity index is 679. The molecule has 3 rings (SSSR count). The summed E-state index contributed by atoms with van der Waals surface area (Å²) in [6, 6.07) is 11.1. The second kappa shape index (κ2) is 3.77. The lowest BCUT2D eigenvalue weighted by Gasteiger charge is -2.18. The molecule has 0 unspecified atom stereocenters. The summed E-state index contributed by atoms with van der Waals surface area (Å²) in [7, 11) is 0. The number of carbonyl (C=O) groups excluding carboxylic acids is 2. The number of fused-ring (bicyclic) bond motifs is 2. The molecule has 2 aromatic rings. The molecule has 0 radical (unpaired) electrons. The lowest BCUT2D eigenvalue weighted by molar-refractivity contribution is 0.0979. The van der Waals surface area contributed by atoms with Gasteiger partial charge in [0.05, 0.1) is 11.3 Å². The number of hydrogen-bond acceptors (Lipinski definition) is 3. The minimum absolute atomic E-state index is 0.0281. The monoisotopic (exact) mass is 241 g/mol. The Hall–Kier alpha value is -2.49. The van der Waals surface area contributed by atoms with Crippen molar-refractivity contribution in [3.63, 3.8) is 0 Å². The fourth-order valence-corrected chi connectivity index (χ4v) is 2.22. The van der Waals surface area contributed by atoms with E-state index in [0.29, 0.717) is 11.1 Å². The van der Waals surface area contributed by atoms with Crippen molar-refractivity contribution in [2.45, 2.75) is 0 Å². The van der Waals surface area contributed by atoms with E-state index in [0.717, 1.165) is 0 Å². The van der Waals surface area contributed by atoms with Crippen LogP contribution in [0.1, 0.15) is 31.8 Å². The summed E-state index contributed by atoms with van der Waals surface area (Å²) in [6.45, 7) is 0. The van der Waals surface area contributed by atoms with E-state index >= 15 is 0 Å². The topological polar surface area (TPSA) is 46.2 Å². The molecule has 0 fully saturated rings. The summed E-state index contributed by atoms with van der Waals surface area (Å²) in [5.41, 5.74) is 2.51. The second-order valence-corrected chi connectivity index (χ2v) is 4.03. The van der Waals surface area contributed by atoms with Gasteiger partial charge in [-0.3, -0.25) is 9.59 Å². The Balaban J connectivity index is 2.34. The minimum Gasteiger partial charge on any atom is -0.289 e. The second-order valence-electron chi connectivity index (χ2n) is 4.03. The molecular formula is C14H8FNO2. The van der Waals surface area contributed by atoms with Gasteiger partial charge in [-0.2, -0.15) is 0 Å². The molecular weight excluding hydrogens is 233 g/mol. The molecule has 1 N–H and O–H groups in total. The molecule has 0 atom stereocenters. The first-order chi connectivity index (χ1) is 8.74. The first kappa shape index (κ1) is 10.7. The van der Waals surface area contributed by atoms with Gasteiger partial charge in [0.1, 0.15) is 0 Å². The Kier molecular flexibility index (Phi) is 2.23. The molecule has 0 bridgehead atoms. The zero-order valence-electron chi connectivity index (χ0n) is 9.24. The largest absolute Gasteiger partial charge is 0.289 e. The average molecular weight is 241 g/mol. The van der Waals surface area contributed by atoms with Crippen LogP contribution in [0.4, 0.5) is 10.2 Å². The van der Waals surface area contributed by atoms with Gasteiger partial charge in [0.25, 0.3) is 0 Å². The maximum Gasteiger partial charge on any atom is 0.196 e. The van der Waals surface area contributed by atoms with Gasteiger partial charge in [0.15, 0.2) is 11.6 Å². The molecule has 0 aliphatic heterocycles. The molecule has 18 heavy (non-hydrogen) atoms. The summed E-state index contributed by atoms with van der Waals surface area (Å²) in [5, 5.41) is 0. The van der Waals surface area contributed by atoms with Gasteiger partial charge in [-0.1, -0.05) is 36.4 Å². The normalized spacial score (nSPS) is 12.9. The number of anilines is 1. The number of carbonyl (C=O) groups is 2. The van der Waals surface area contributed by atoms with E-state index < -0.39 is 0 Å². The highest BCUT2D eigenvalue weighted by molar-refractivity contribution is 6.30. The maximum absolute atomic E-state index is 12.7. The van der Waals surface area contributed by atoms with Crippen molar-refractivity contribution < 1.29 is 14.1 Å². The Morgan fingerprint density at radius 2 is 1.39 bits per heavy atom. The van der Waals surface area contributed by atoms with Crippen LogP contribution in [-0.4, -0.2) is 11.6 Å². The molecule has 0 heterocycles.